The van der Waals surface area contributed by atoms with Gasteiger partial charge in [0, 0.05) is 26.7 Å². The maximum absolute atomic E-state index is 12.8. The van der Waals surface area contributed by atoms with E-state index < -0.39 is 0 Å². The van der Waals surface area contributed by atoms with Crippen LogP contribution in [0.5, 0.6) is 0 Å². The van der Waals surface area contributed by atoms with Gasteiger partial charge in [-0.15, -0.1) is 0 Å². The molecule has 0 unspecified atom stereocenters. The first-order valence-electron chi connectivity index (χ1n) is 6.95. The number of unbranched alkanes of at least 4 members (excludes halogenated alkanes) is 1. The van der Waals surface area contributed by atoms with Crippen LogP contribution in [0.25, 0.3) is 0 Å². The normalized spacial score (nSPS) is 10.4. The zero-order chi connectivity index (χ0) is 15.2. The Morgan fingerprint density at radius 3 is 2.24 bits per heavy atom. The van der Waals surface area contributed by atoms with Gasteiger partial charge in [0.25, 0.3) is 5.91 Å². The lowest BCUT2D eigenvalue weighted by molar-refractivity contribution is 0.0986. The van der Waals surface area contributed by atoms with Gasteiger partial charge >= 0.3 is 0 Å². The van der Waals surface area contributed by atoms with Crippen LogP contribution in [0.1, 0.15) is 30.1 Å². The van der Waals surface area contributed by atoms with Gasteiger partial charge in [0.2, 0.25) is 0 Å². The molecule has 0 radical (unpaired) electrons. The lowest BCUT2D eigenvalue weighted by Crippen LogP contribution is -2.31. The maximum Gasteiger partial charge on any atom is 0.258 e. The van der Waals surface area contributed by atoms with Crippen molar-refractivity contribution in [2.45, 2.75) is 19.8 Å². The minimum Gasteiger partial charge on any atom is -0.308 e. The fraction of sp³-hybridized carbons (Fsp3) is 0.235. The second-order valence-electron chi connectivity index (χ2n) is 4.80. The number of rotatable bonds is 5. The second-order valence-corrected chi connectivity index (χ2v) is 6.64. The summed E-state index contributed by atoms with van der Waals surface area (Å²) in [6.45, 7) is 2.85. The van der Waals surface area contributed by atoms with E-state index in [-0.39, 0.29) is 5.91 Å². The van der Waals surface area contributed by atoms with Crippen molar-refractivity contribution in [1.82, 2.24) is 0 Å². The Hall–Kier alpha value is -1.13. The molecular formula is C17H17Br2NO. The van der Waals surface area contributed by atoms with E-state index in [1.165, 1.54) is 0 Å². The van der Waals surface area contributed by atoms with E-state index in [1.807, 2.05) is 53.4 Å². The van der Waals surface area contributed by atoms with Crippen LogP contribution in [0.3, 0.4) is 0 Å². The van der Waals surface area contributed by atoms with Crippen LogP contribution in [-0.2, 0) is 0 Å². The fourth-order valence-electron chi connectivity index (χ4n) is 2.11. The number of nitrogens with zero attached hydrogens (tertiary/aromatic N) is 1. The number of amides is 1. The van der Waals surface area contributed by atoms with Crippen molar-refractivity contribution in [3.63, 3.8) is 0 Å². The van der Waals surface area contributed by atoms with Gasteiger partial charge in [-0.25, -0.2) is 0 Å². The molecular weight excluding hydrogens is 394 g/mol. The molecule has 0 fully saturated rings. The molecule has 0 N–H and O–H groups in total. The third-order valence-corrected chi connectivity index (χ3v) is 4.07. The summed E-state index contributed by atoms with van der Waals surface area (Å²) in [6.07, 6.45) is 2.04. The van der Waals surface area contributed by atoms with Crippen molar-refractivity contribution in [2.24, 2.45) is 0 Å². The molecule has 0 spiro atoms. The summed E-state index contributed by atoms with van der Waals surface area (Å²) in [5.41, 5.74) is 1.61. The van der Waals surface area contributed by atoms with Crippen molar-refractivity contribution >= 4 is 43.5 Å². The molecule has 0 aliphatic carbocycles. The minimum atomic E-state index is 0.0247. The summed E-state index contributed by atoms with van der Waals surface area (Å²) in [4.78, 5) is 14.7. The molecule has 0 aliphatic rings. The van der Waals surface area contributed by atoms with Crippen molar-refractivity contribution in [3.05, 3.63) is 63.0 Å². The zero-order valence-electron chi connectivity index (χ0n) is 11.9. The SMILES string of the molecule is CCCCN(C(=O)c1cc(Br)cc(Br)c1)c1ccccc1. The summed E-state index contributed by atoms with van der Waals surface area (Å²) in [5.74, 6) is 0.0247. The van der Waals surface area contributed by atoms with Crippen LogP contribution in [-0.4, -0.2) is 12.5 Å². The molecule has 0 aliphatic heterocycles. The quantitative estimate of drug-likeness (QED) is 0.622. The summed E-state index contributed by atoms with van der Waals surface area (Å²) in [5, 5.41) is 0. The van der Waals surface area contributed by atoms with Crippen LogP contribution in [0.15, 0.2) is 57.5 Å². The molecule has 2 rings (SSSR count). The standard InChI is InChI=1S/C17H17Br2NO/c1-2-3-9-20(16-7-5-4-6-8-16)17(21)13-10-14(18)12-15(19)11-13/h4-8,10-12H,2-3,9H2,1H3. The van der Waals surface area contributed by atoms with Crippen LogP contribution in [0.2, 0.25) is 0 Å². The van der Waals surface area contributed by atoms with Gasteiger partial charge in [-0.3, -0.25) is 4.79 Å². The van der Waals surface area contributed by atoms with E-state index in [9.17, 15) is 4.79 Å². The average Bonchev–Trinajstić information content (AvgIpc) is 2.47. The average molecular weight is 411 g/mol. The lowest BCUT2D eigenvalue weighted by atomic mass is 10.1. The van der Waals surface area contributed by atoms with E-state index in [0.717, 1.165) is 34.0 Å². The van der Waals surface area contributed by atoms with E-state index in [1.54, 1.807) is 0 Å². The lowest BCUT2D eigenvalue weighted by Gasteiger charge is -2.23. The largest absolute Gasteiger partial charge is 0.308 e. The Morgan fingerprint density at radius 2 is 1.67 bits per heavy atom. The molecule has 0 bridgehead atoms. The smallest absolute Gasteiger partial charge is 0.258 e. The topological polar surface area (TPSA) is 20.3 Å². The number of carbonyl (C=O) groups excluding carboxylic acids is 1. The number of hydrogen-bond donors (Lipinski definition) is 0. The minimum absolute atomic E-state index is 0.0247. The molecule has 4 heteroatoms. The highest BCUT2D eigenvalue weighted by molar-refractivity contribution is 9.11. The molecule has 0 aromatic heterocycles. The van der Waals surface area contributed by atoms with Crippen molar-refractivity contribution in [1.29, 1.82) is 0 Å². The predicted molar refractivity (Wildman–Crippen MR) is 94.9 cm³/mol. The van der Waals surface area contributed by atoms with Crippen molar-refractivity contribution < 1.29 is 4.79 Å². The molecule has 0 saturated carbocycles. The predicted octanol–water partition coefficient (Wildman–Crippen LogP) is 5.66. The Bertz CT molecular complexity index is 593. The Kier molecular flexibility index (Phi) is 6.00. The van der Waals surface area contributed by atoms with E-state index in [0.29, 0.717) is 5.56 Å². The van der Waals surface area contributed by atoms with Gasteiger partial charge in [-0.2, -0.15) is 0 Å². The number of para-hydroxylation sites is 1. The number of anilines is 1. The number of carbonyl (C=O) groups is 1. The Morgan fingerprint density at radius 1 is 1.05 bits per heavy atom. The highest BCUT2D eigenvalue weighted by Gasteiger charge is 2.17. The van der Waals surface area contributed by atoms with E-state index in [4.69, 9.17) is 0 Å². The van der Waals surface area contributed by atoms with Crippen LogP contribution >= 0.6 is 31.9 Å². The van der Waals surface area contributed by atoms with Gasteiger partial charge in [-0.05, 0) is 36.8 Å². The first-order chi connectivity index (χ1) is 10.1. The van der Waals surface area contributed by atoms with Gasteiger partial charge in [-0.1, -0.05) is 63.4 Å². The van der Waals surface area contributed by atoms with Crippen LogP contribution in [0, 0.1) is 0 Å². The molecule has 0 atom stereocenters. The number of benzene rings is 2. The molecule has 2 aromatic rings. The highest BCUT2D eigenvalue weighted by Crippen LogP contribution is 2.23. The van der Waals surface area contributed by atoms with E-state index in [2.05, 4.69) is 38.8 Å². The van der Waals surface area contributed by atoms with Gasteiger partial charge in [0.05, 0.1) is 0 Å². The summed E-state index contributed by atoms with van der Waals surface area (Å²) in [6, 6.07) is 15.5. The summed E-state index contributed by atoms with van der Waals surface area (Å²) >= 11 is 6.88. The second kappa shape index (κ2) is 7.76. The first-order valence-corrected chi connectivity index (χ1v) is 8.53. The van der Waals surface area contributed by atoms with E-state index >= 15 is 0 Å². The van der Waals surface area contributed by atoms with Crippen molar-refractivity contribution in [2.75, 3.05) is 11.4 Å². The Labute approximate surface area is 142 Å². The van der Waals surface area contributed by atoms with Gasteiger partial charge < -0.3 is 4.90 Å². The summed E-state index contributed by atoms with van der Waals surface area (Å²) in [7, 11) is 0. The maximum atomic E-state index is 12.8. The third-order valence-electron chi connectivity index (χ3n) is 3.16. The van der Waals surface area contributed by atoms with Crippen molar-refractivity contribution in [3.8, 4) is 0 Å². The molecule has 0 saturated heterocycles. The van der Waals surface area contributed by atoms with Gasteiger partial charge in [0.1, 0.15) is 0 Å². The van der Waals surface area contributed by atoms with Gasteiger partial charge in [0.15, 0.2) is 0 Å². The molecule has 2 nitrogen and oxygen atoms in total. The zero-order valence-corrected chi connectivity index (χ0v) is 15.0. The summed E-state index contributed by atoms with van der Waals surface area (Å²) < 4.78 is 1.78. The first kappa shape index (κ1) is 16.2. The molecule has 110 valence electrons. The molecule has 0 heterocycles. The monoisotopic (exact) mass is 409 g/mol. The third kappa shape index (κ3) is 4.42. The number of hydrogen-bond acceptors (Lipinski definition) is 1. The number of halogens is 2. The highest BCUT2D eigenvalue weighted by atomic mass is 79.9. The molecule has 2 aromatic carbocycles. The molecule has 1 amide bonds. The Balaban J connectivity index is 2.33. The van der Waals surface area contributed by atoms with Crippen LogP contribution in [0.4, 0.5) is 5.69 Å². The molecule has 21 heavy (non-hydrogen) atoms. The van der Waals surface area contributed by atoms with Crippen LogP contribution < -0.4 is 4.90 Å². The fourth-order valence-corrected chi connectivity index (χ4v) is 3.40.